The summed E-state index contributed by atoms with van der Waals surface area (Å²) in [4.78, 5) is 22.8. The molecule has 1 aromatic carbocycles. The van der Waals surface area contributed by atoms with Gasteiger partial charge in [-0.2, -0.15) is 0 Å². The molecule has 0 radical (unpaired) electrons. The van der Waals surface area contributed by atoms with Crippen LogP contribution < -0.4 is 5.32 Å². The lowest BCUT2D eigenvalue weighted by Gasteiger charge is -2.08. The standard InChI is InChI=1S/C15H18N4O3/c1-2-8-16-13(20)10-19-15(11-6-4-3-5-7-11)12(17-18-19)9-14(21)22/h3-7H,2,8-10H2,1H3,(H,16,20)(H,21,22). The minimum absolute atomic E-state index is 0.0108. The molecule has 0 unspecified atom stereocenters. The Morgan fingerprint density at radius 1 is 1.27 bits per heavy atom. The molecule has 1 aromatic heterocycles. The molecule has 0 aliphatic heterocycles. The summed E-state index contributed by atoms with van der Waals surface area (Å²) in [6.07, 6.45) is 0.611. The summed E-state index contributed by atoms with van der Waals surface area (Å²) in [5.74, 6) is -1.16. The van der Waals surface area contributed by atoms with E-state index in [0.29, 0.717) is 17.9 Å². The lowest BCUT2D eigenvalue weighted by Crippen LogP contribution is -2.28. The average Bonchev–Trinajstić information content (AvgIpc) is 2.87. The van der Waals surface area contributed by atoms with Gasteiger partial charge in [0, 0.05) is 12.1 Å². The van der Waals surface area contributed by atoms with Crippen molar-refractivity contribution in [2.45, 2.75) is 26.3 Å². The number of benzene rings is 1. The van der Waals surface area contributed by atoms with Crippen LogP contribution in [0.3, 0.4) is 0 Å². The number of carbonyl (C=O) groups is 2. The molecule has 0 aliphatic rings. The molecule has 0 spiro atoms. The fraction of sp³-hybridized carbons (Fsp3) is 0.333. The predicted octanol–water partition coefficient (Wildman–Crippen LogP) is 1.10. The number of carbonyl (C=O) groups excluding carboxylic acids is 1. The number of nitrogens with zero attached hydrogens (tertiary/aromatic N) is 3. The Morgan fingerprint density at radius 3 is 2.64 bits per heavy atom. The maximum absolute atomic E-state index is 11.9. The number of hydrogen-bond donors (Lipinski definition) is 2. The molecule has 1 amide bonds. The topological polar surface area (TPSA) is 97.1 Å². The lowest BCUT2D eigenvalue weighted by atomic mass is 10.1. The Bertz CT molecular complexity index is 652. The highest BCUT2D eigenvalue weighted by atomic mass is 16.4. The third kappa shape index (κ3) is 3.91. The van der Waals surface area contributed by atoms with Gasteiger partial charge in [0.2, 0.25) is 5.91 Å². The fourth-order valence-corrected chi connectivity index (χ4v) is 2.09. The minimum Gasteiger partial charge on any atom is -0.481 e. The van der Waals surface area contributed by atoms with Crippen molar-refractivity contribution < 1.29 is 14.7 Å². The van der Waals surface area contributed by atoms with E-state index in [4.69, 9.17) is 5.11 Å². The van der Waals surface area contributed by atoms with Crippen LogP contribution in [0.15, 0.2) is 30.3 Å². The third-order valence-electron chi connectivity index (χ3n) is 3.04. The zero-order chi connectivity index (χ0) is 15.9. The van der Waals surface area contributed by atoms with Crippen molar-refractivity contribution in [3.05, 3.63) is 36.0 Å². The van der Waals surface area contributed by atoms with E-state index < -0.39 is 5.97 Å². The van der Waals surface area contributed by atoms with Crippen LogP contribution >= 0.6 is 0 Å². The van der Waals surface area contributed by atoms with E-state index in [1.54, 1.807) is 0 Å². The van der Waals surface area contributed by atoms with Gasteiger partial charge in [0.1, 0.15) is 12.2 Å². The average molecular weight is 302 g/mol. The maximum atomic E-state index is 11.9. The molecule has 0 aliphatic carbocycles. The van der Waals surface area contributed by atoms with Crippen LogP contribution in [-0.2, 0) is 22.6 Å². The van der Waals surface area contributed by atoms with Crippen LogP contribution in [0.25, 0.3) is 11.3 Å². The molecule has 0 atom stereocenters. The van der Waals surface area contributed by atoms with E-state index >= 15 is 0 Å². The van der Waals surface area contributed by atoms with Crippen LogP contribution in [0, 0.1) is 0 Å². The van der Waals surface area contributed by atoms with Gasteiger partial charge in [0.05, 0.1) is 12.1 Å². The number of rotatable bonds is 7. The Kier molecular flexibility index (Phi) is 5.24. The molecule has 22 heavy (non-hydrogen) atoms. The first-order valence-corrected chi connectivity index (χ1v) is 7.08. The number of aliphatic carboxylic acids is 1. The number of carboxylic acid groups (broad SMARTS) is 1. The number of carboxylic acids is 1. The zero-order valence-corrected chi connectivity index (χ0v) is 12.3. The van der Waals surface area contributed by atoms with Crippen molar-refractivity contribution in [3.8, 4) is 11.3 Å². The Labute approximate surface area is 128 Å². The summed E-state index contributed by atoms with van der Waals surface area (Å²) >= 11 is 0. The van der Waals surface area contributed by atoms with Gasteiger partial charge < -0.3 is 10.4 Å². The maximum Gasteiger partial charge on any atom is 0.309 e. The second-order valence-electron chi connectivity index (χ2n) is 4.83. The van der Waals surface area contributed by atoms with Crippen molar-refractivity contribution in [2.75, 3.05) is 6.54 Å². The number of nitrogens with one attached hydrogen (secondary N) is 1. The van der Waals surface area contributed by atoms with Crippen molar-refractivity contribution in [2.24, 2.45) is 0 Å². The SMILES string of the molecule is CCCNC(=O)Cn1nnc(CC(=O)O)c1-c1ccccc1. The van der Waals surface area contributed by atoms with E-state index in [-0.39, 0.29) is 18.9 Å². The Balaban J connectivity index is 2.32. The molecular weight excluding hydrogens is 284 g/mol. The van der Waals surface area contributed by atoms with Crippen LogP contribution in [0.2, 0.25) is 0 Å². The van der Waals surface area contributed by atoms with E-state index in [1.807, 2.05) is 37.3 Å². The first kappa shape index (κ1) is 15.7. The zero-order valence-electron chi connectivity index (χ0n) is 12.3. The van der Waals surface area contributed by atoms with Crippen LogP contribution in [-0.4, -0.2) is 38.5 Å². The molecule has 116 valence electrons. The highest BCUT2D eigenvalue weighted by Crippen LogP contribution is 2.22. The first-order chi connectivity index (χ1) is 10.6. The van der Waals surface area contributed by atoms with Gasteiger partial charge in [-0.3, -0.25) is 9.59 Å². The van der Waals surface area contributed by atoms with E-state index in [1.165, 1.54) is 4.68 Å². The lowest BCUT2D eigenvalue weighted by molar-refractivity contribution is -0.136. The van der Waals surface area contributed by atoms with Gasteiger partial charge in [-0.25, -0.2) is 4.68 Å². The summed E-state index contributed by atoms with van der Waals surface area (Å²) in [5, 5.41) is 19.6. The molecule has 0 bridgehead atoms. The first-order valence-electron chi connectivity index (χ1n) is 7.08. The molecule has 2 N–H and O–H groups in total. The smallest absolute Gasteiger partial charge is 0.309 e. The molecule has 7 heteroatoms. The summed E-state index contributed by atoms with van der Waals surface area (Å²) < 4.78 is 1.44. The molecule has 2 aromatic rings. The van der Waals surface area contributed by atoms with Gasteiger partial charge in [-0.05, 0) is 6.42 Å². The Hall–Kier alpha value is -2.70. The number of hydrogen-bond acceptors (Lipinski definition) is 4. The second-order valence-corrected chi connectivity index (χ2v) is 4.83. The second kappa shape index (κ2) is 7.35. The van der Waals surface area contributed by atoms with Crippen LogP contribution in [0.5, 0.6) is 0 Å². The van der Waals surface area contributed by atoms with E-state index in [2.05, 4.69) is 15.6 Å². The fourth-order valence-electron chi connectivity index (χ4n) is 2.09. The molecule has 0 saturated carbocycles. The van der Waals surface area contributed by atoms with E-state index in [0.717, 1.165) is 12.0 Å². The Morgan fingerprint density at radius 2 is 2.00 bits per heavy atom. The quantitative estimate of drug-likeness (QED) is 0.798. The summed E-state index contributed by atoms with van der Waals surface area (Å²) in [6.45, 7) is 2.57. The van der Waals surface area contributed by atoms with Crippen molar-refractivity contribution in [1.82, 2.24) is 20.3 Å². The largest absolute Gasteiger partial charge is 0.481 e. The van der Waals surface area contributed by atoms with Gasteiger partial charge in [0.15, 0.2) is 0 Å². The van der Waals surface area contributed by atoms with Gasteiger partial charge >= 0.3 is 5.97 Å². The summed E-state index contributed by atoms with van der Waals surface area (Å²) in [7, 11) is 0. The molecule has 0 saturated heterocycles. The third-order valence-corrected chi connectivity index (χ3v) is 3.04. The van der Waals surface area contributed by atoms with Crippen molar-refractivity contribution in [3.63, 3.8) is 0 Å². The van der Waals surface area contributed by atoms with E-state index in [9.17, 15) is 9.59 Å². The highest BCUT2D eigenvalue weighted by molar-refractivity contribution is 5.78. The molecule has 1 heterocycles. The van der Waals surface area contributed by atoms with Crippen LogP contribution in [0.4, 0.5) is 0 Å². The predicted molar refractivity (Wildman–Crippen MR) is 80.1 cm³/mol. The van der Waals surface area contributed by atoms with Crippen molar-refractivity contribution in [1.29, 1.82) is 0 Å². The van der Waals surface area contributed by atoms with Gasteiger partial charge in [-0.15, -0.1) is 5.10 Å². The summed E-state index contributed by atoms with van der Waals surface area (Å²) in [5.41, 5.74) is 1.70. The molecule has 2 rings (SSSR count). The monoisotopic (exact) mass is 302 g/mol. The minimum atomic E-state index is -0.986. The van der Waals surface area contributed by atoms with Crippen molar-refractivity contribution >= 4 is 11.9 Å². The number of amides is 1. The van der Waals surface area contributed by atoms with Gasteiger partial charge in [-0.1, -0.05) is 42.5 Å². The van der Waals surface area contributed by atoms with Gasteiger partial charge in [0.25, 0.3) is 0 Å². The summed E-state index contributed by atoms with van der Waals surface area (Å²) in [6, 6.07) is 9.22. The molecular formula is C15H18N4O3. The highest BCUT2D eigenvalue weighted by Gasteiger charge is 2.18. The molecule has 0 fully saturated rings. The number of aromatic nitrogens is 3. The molecule has 7 nitrogen and oxygen atoms in total. The normalized spacial score (nSPS) is 10.4. The van der Waals surface area contributed by atoms with Crippen LogP contribution in [0.1, 0.15) is 19.0 Å².